The molecule has 0 bridgehead atoms. The van der Waals surface area contributed by atoms with E-state index in [4.69, 9.17) is 0 Å². The quantitative estimate of drug-likeness (QED) is 0.859. The van der Waals surface area contributed by atoms with Crippen molar-refractivity contribution < 1.29 is 8.78 Å². The number of hydrogen-bond acceptors (Lipinski definition) is 1. The maximum atomic E-state index is 13.1. The lowest BCUT2D eigenvalue weighted by atomic mass is 9.96. The zero-order valence-corrected chi connectivity index (χ0v) is 10.6. The third-order valence-electron chi connectivity index (χ3n) is 3.41. The number of aromatic amines is 1. The highest BCUT2D eigenvalue weighted by atomic mass is 19.3. The summed E-state index contributed by atoms with van der Waals surface area (Å²) in [6.45, 7) is 1.91. The zero-order chi connectivity index (χ0) is 13.4. The lowest BCUT2D eigenvalue weighted by Crippen LogP contribution is -2.03. The monoisotopic (exact) mass is 260 g/mol. The summed E-state index contributed by atoms with van der Waals surface area (Å²) >= 11 is 0. The van der Waals surface area contributed by atoms with E-state index >= 15 is 0 Å². The number of nitrogens with zero attached hydrogens (tertiary/aromatic N) is 1. The van der Waals surface area contributed by atoms with Crippen LogP contribution in [-0.2, 0) is 0 Å². The fourth-order valence-corrected chi connectivity index (χ4v) is 2.45. The maximum absolute atomic E-state index is 13.1. The van der Waals surface area contributed by atoms with Crippen molar-refractivity contribution >= 4 is 16.5 Å². The van der Waals surface area contributed by atoms with E-state index in [-0.39, 0.29) is 5.57 Å². The minimum Gasteiger partial charge on any atom is -0.354 e. The SMILES string of the molecule is Cc1cc2[nH]c(C3=C(C(F)F)CCC=C3)cc2cn1. The van der Waals surface area contributed by atoms with Crippen molar-refractivity contribution in [2.24, 2.45) is 0 Å². The van der Waals surface area contributed by atoms with E-state index in [1.54, 1.807) is 12.3 Å². The second-order valence-electron chi connectivity index (χ2n) is 4.78. The Balaban J connectivity index is 2.15. The summed E-state index contributed by atoms with van der Waals surface area (Å²) in [5.74, 6) is 0. The summed E-state index contributed by atoms with van der Waals surface area (Å²) in [5, 5.41) is 0.945. The molecular formula is C15H14F2N2. The molecule has 3 rings (SSSR count). The number of halogens is 2. The van der Waals surface area contributed by atoms with Crippen molar-refractivity contribution in [2.75, 3.05) is 0 Å². The van der Waals surface area contributed by atoms with E-state index in [0.717, 1.165) is 22.3 Å². The third kappa shape index (κ3) is 2.18. The van der Waals surface area contributed by atoms with Gasteiger partial charge in [0, 0.05) is 39.6 Å². The second kappa shape index (κ2) is 4.61. The van der Waals surface area contributed by atoms with Crippen LogP contribution in [0.25, 0.3) is 16.5 Å². The summed E-state index contributed by atoms with van der Waals surface area (Å²) in [7, 11) is 0. The van der Waals surface area contributed by atoms with Crippen LogP contribution < -0.4 is 0 Å². The van der Waals surface area contributed by atoms with Gasteiger partial charge in [-0.1, -0.05) is 12.2 Å². The Labute approximate surface area is 109 Å². The van der Waals surface area contributed by atoms with Crippen LogP contribution in [0.1, 0.15) is 24.2 Å². The lowest BCUT2D eigenvalue weighted by molar-refractivity contribution is 0.186. The molecule has 2 aromatic heterocycles. The van der Waals surface area contributed by atoms with Crippen LogP contribution in [0.15, 0.2) is 36.1 Å². The van der Waals surface area contributed by atoms with Crippen molar-refractivity contribution in [1.82, 2.24) is 9.97 Å². The van der Waals surface area contributed by atoms with Gasteiger partial charge in [0.15, 0.2) is 0 Å². The Bertz CT molecular complexity index is 681. The van der Waals surface area contributed by atoms with Gasteiger partial charge in [-0.05, 0) is 31.9 Å². The first kappa shape index (κ1) is 12.1. The van der Waals surface area contributed by atoms with Gasteiger partial charge in [-0.3, -0.25) is 4.98 Å². The highest BCUT2D eigenvalue weighted by Gasteiger charge is 2.19. The summed E-state index contributed by atoms with van der Waals surface area (Å²) in [4.78, 5) is 7.43. The van der Waals surface area contributed by atoms with Crippen molar-refractivity contribution in [3.63, 3.8) is 0 Å². The van der Waals surface area contributed by atoms with Crippen LogP contribution >= 0.6 is 0 Å². The van der Waals surface area contributed by atoms with Gasteiger partial charge in [-0.25, -0.2) is 8.78 Å². The molecule has 0 unspecified atom stereocenters. The predicted molar refractivity (Wildman–Crippen MR) is 72.1 cm³/mol. The van der Waals surface area contributed by atoms with Crippen LogP contribution in [0.3, 0.4) is 0 Å². The minimum absolute atomic E-state index is 0.221. The standard InChI is InChI=1S/C15H14F2N2/c1-9-6-13-10(8-18-9)7-14(19-13)11-4-2-3-5-12(11)15(16)17/h2,4,6-8,15,19H,3,5H2,1H3. The molecule has 0 amide bonds. The first-order valence-electron chi connectivity index (χ1n) is 6.28. The third-order valence-corrected chi connectivity index (χ3v) is 3.41. The molecule has 2 heterocycles. The number of pyridine rings is 1. The number of rotatable bonds is 2. The molecule has 19 heavy (non-hydrogen) atoms. The fraction of sp³-hybridized carbons (Fsp3) is 0.267. The topological polar surface area (TPSA) is 28.7 Å². The Kier molecular flexibility index (Phi) is 2.93. The van der Waals surface area contributed by atoms with E-state index in [2.05, 4.69) is 9.97 Å². The van der Waals surface area contributed by atoms with Crippen molar-refractivity contribution in [2.45, 2.75) is 26.2 Å². The number of fused-ring (bicyclic) bond motifs is 1. The van der Waals surface area contributed by atoms with Gasteiger partial charge in [0.2, 0.25) is 0 Å². The molecule has 0 spiro atoms. The van der Waals surface area contributed by atoms with E-state index in [9.17, 15) is 8.78 Å². The molecular weight excluding hydrogens is 246 g/mol. The van der Waals surface area contributed by atoms with E-state index in [1.807, 2.05) is 25.1 Å². The number of hydrogen-bond donors (Lipinski definition) is 1. The van der Waals surface area contributed by atoms with E-state index in [0.29, 0.717) is 18.4 Å². The second-order valence-corrected chi connectivity index (χ2v) is 4.78. The maximum Gasteiger partial charge on any atom is 0.260 e. The molecule has 1 aliphatic rings. The average molecular weight is 260 g/mol. The number of nitrogens with one attached hydrogen (secondary N) is 1. The van der Waals surface area contributed by atoms with Crippen molar-refractivity contribution in [3.05, 3.63) is 47.4 Å². The van der Waals surface area contributed by atoms with Crippen LogP contribution in [0, 0.1) is 6.92 Å². The minimum atomic E-state index is -2.40. The molecule has 0 saturated carbocycles. The van der Waals surface area contributed by atoms with E-state index in [1.165, 1.54) is 0 Å². The summed E-state index contributed by atoms with van der Waals surface area (Å²) < 4.78 is 26.1. The number of aromatic nitrogens is 2. The van der Waals surface area contributed by atoms with Gasteiger partial charge in [-0.2, -0.15) is 0 Å². The molecule has 0 saturated heterocycles. The zero-order valence-electron chi connectivity index (χ0n) is 10.6. The van der Waals surface area contributed by atoms with E-state index < -0.39 is 6.43 Å². The molecule has 1 N–H and O–H groups in total. The van der Waals surface area contributed by atoms with Crippen LogP contribution in [0.4, 0.5) is 8.78 Å². The molecule has 98 valence electrons. The lowest BCUT2D eigenvalue weighted by Gasteiger charge is -2.14. The average Bonchev–Trinajstić information content (AvgIpc) is 2.81. The van der Waals surface area contributed by atoms with Gasteiger partial charge in [-0.15, -0.1) is 0 Å². The van der Waals surface area contributed by atoms with Gasteiger partial charge >= 0.3 is 0 Å². The molecule has 0 fully saturated rings. The normalized spacial score (nSPS) is 15.8. The Morgan fingerprint density at radius 2 is 2.16 bits per heavy atom. The first-order chi connectivity index (χ1) is 9.15. The smallest absolute Gasteiger partial charge is 0.260 e. The van der Waals surface area contributed by atoms with Crippen molar-refractivity contribution in [3.8, 4) is 0 Å². The van der Waals surface area contributed by atoms with Gasteiger partial charge in [0.05, 0.1) is 0 Å². The Hall–Kier alpha value is -1.97. The molecule has 1 aliphatic carbocycles. The number of allylic oxidation sites excluding steroid dienone is 4. The number of alkyl halides is 2. The first-order valence-corrected chi connectivity index (χ1v) is 6.28. The van der Waals surface area contributed by atoms with Crippen LogP contribution in [-0.4, -0.2) is 16.4 Å². The molecule has 0 atom stereocenters. The molecule has 2 aromatic rings. The molecule has 2 nitrogen and oxygen atoms in total. The fourth-order valence-electron chi connectivity index (χ4n) is 2.45. The predicted octanol–water partition coefficient (Wildman–Crippen LogP) is 4.24. The summed E-state index contributed by atoms with van der Waals surface area (Å²) in [6.07, 6.45) is 4.21. The number of aryl methyl sites for hydroxylation is 1. The summed E-state index contributed by atoms with van der Waals surface area (Å²) in [6, 6.07) is 3.81. The van der Waals surface area contributed by atoms with Gasteiger partial charge in [0.25, 0.3) is 6.43 Å². The van der Waals surface area contributed by atoms with Crippen LogP contribution in [0.2, 0.25) is 0 Å². The largest absolute Gasteiger partial charge is 0.354 e. The summed E-state index contributed by atoms with van der Waals surface area (Å²) in [5.41, 5.74) is 3.42. The van der Waals surface area contributed by atoms with Gasteiger partial charge in [0.1, 0.15) is 0 Å². The van der Waals surface area contributed by atoms with Gasteiger partial charge < -0.3 is 4.98 Å². The molecule has 0 aromatic carbocycles. The highest BCUT2D eigenvalue weighted by molar-refractivity contribution is 5.87. The molecule has 0 aliphatic heterocycles. The highest BCUT2D eigenvalue weighted by Crippen LogP contribution is 2.32. The Morgan fingerprint density at radius 1 is 1.32 bits per heavy atom. The van der Waals surface area contributed by atoms with Crippen LogP contribution in [0.5, 0.6) is 0 Å². The number of H-pyrrole nitrogens is 1. The van der Waals surface area contributed by atoms with Crippen molar-refractivity contribution in [1.29, 1.82) is 0 Å². The molecule has 4 heteroatoms. The molecule has 0 radical (unpaired) electrons. The Morgan fingerprint density at radius 3 is 2.95 bits per heavy atom.